The van der Waals surface area contributed by atoms with Gasteiger partial charge < -0.3 is 9.88 Å². The third kappa shape index (κ3) is 5.52. The average molecular weight is 348 g/mol. The average Bonchev–Trinajstić information content (AvgIpc) is 2.91. The standard InChI is InChI=1S/C20H33N3S/c1-5-7-12-23-19-14-17(24-13-6-2)8-9-18(19)22-20(23)15-21-11-10-16(3)4/h8-9,14,16,21H,5-7,10-13,15H2,1-4H3. The summed E-state index contributed by atoms with van der Waals surface area (Å²) >= 11 is 1.95. The zero-order valence-corrected chi connectivity index (χ0v) is 16.6. The number of aryl methyl sites for hydroxylation is 1. The van der Waals surface area contributed by atoms with Crippen LogP contribution in [0.5, 0.6) is 0 Å². The molecule has 0 saturated heterocycles. The molecule has 0 aliphatic carbocycles. The third-order valence-electron chi connectivity index (χ3n) is 4.19. The molecule has 0 fully saturated rings. The van der Waals surface area contributed by atoms with Crippen molar-refractivity contribution >= 4 is 22.8 Å². The van der Waals surface area contributed by atoms with Crippen molar-refractivity contribution in [1.29, 1.82) is 0 Å². The highest BCUT2D eigenvalue weighted by molar-refractivity contribution is 7.99. The first kappa shape index (κ1) is 19.3. The van der Waals surface area contributed by atoms with E-state index in [0.717, 1.165) is 31.1 Å². The topological polar surface area (TPSA) is 29.9 Å². The van der Waals surface area contributed by atoms with E-state index >= 15 is 0 Å². The van der Waals surface area contributed by atoms with Gasteiger partial charge >= 0.3 is 0 Å². The van der Waals surface area contributed by atoms with Gasteiger partial charge in [-0.15, -0.1) is 11.8 Å². The molecule has 0 unspecified atom stereocenters. The first-order valence-electron chi connectivity index (χ1n) is 9.48. The van der Waals surface area contributed by atoms with Gasteiger partial charge in [-0.05, 0) is 55.7 Å². The lowest BCUT2D eigenvalue weighted by Crippen LogP contribution is -2.19. The van der Waals surface area contributed by atoms with Crippen molar-refractivity contribution in [2.24, 2.45) is 5.92 Å². The SMILES string of the molecule is CCCCn1c(CNCCC(C)C)nc2ccc(SCCC)cc21. The monoisotopic (exact) mass is 347 g/mol. The summed E-state index contributed by atoms with van der Waals surface area (Å²) < 4.78 is 2.43. The van der Waals surface area contributed by atoms with Gasteiger partial charge in [0.2, 0.25) is 0 Å². The predicted octanol–water partition coefficient (Wildman–Crippen LogP) is 5.47. The lowest BCUT2D eigenvalue weighted by molar-refractivity contribution is 0.519. The van der Waals surface area contributed by atoms with E-state index in [9.17, 15) is 0 Å². The van der Waals surface area contributed by atoms with E-state index in [4.69, 9.17) is 4.98 Å². The number of benzene rings is 1. The number of nitrogens with one attached hydrogen (secondary N) is 1. The van der Waals surface area contributed by atoms with Crippen molar-refractivity contribution in [3.63, 3.8) is 0 Å². The van der Waals surface area contributed by atoms with E-state index in [-0.39, 0.29) is 0 Å². The van der Waals surface area contributed by atoms with Crippen LogP contribution in [0.4, 0.5) is 0 Å². The number of hydrogen-bond donors (Lipinski definition) is 1. The maximum absolute atomic E-state index is 4.89. The van der Waals surface area contributed by atoms with E-state index in [1.165, 1.54) is 47.7 Å². The lowest BCUT2D eigenvalue weighted by atomic mass is 10.1. The van der Waals surface area contributed by atoms with Gasteiger partial charge in [-0.1, -0.05) is 34.1 Å². The number of unbranched alkanes of at least 4 members (excludes halogenated alkanes) is 1. The maximum Gasteiger partial charge on any atom is 0.123 e. The second-order valence-corrected chi connectivity index (χ2v) is 8.06. The molecule has 0 amide bonds. The van der Waals surface area contributed by atoms with Gasteiger partial charge in [-0.2, -0.15) is 0 Å². The molecule has 0 radical (unpaired) electrons. The minimum absolute atomic E-state index is 0.745. The van der Waals surface area contributed by atoms with Crippen LogP contribution in [0.25, 0.3) is 11.0 Å². The summed E-state index contributed by atoms with van der Waals surface area (Å²) in [6.45, 7) is 12.0. The molecule has 2 aromatic rings. The third-order valence-corrected chi connectivity index (χ3v) is 5.39. The largest absolute Gasteiger partial charge is 0.327 e. The molecule has 4 heteroatoms. The van der Waals surface area contributed by atoms with Crippen LogP contribution in [-0.4, -0.2) is 21.8 Å². The van der Waals surface area contributed by atoms with Crippen LogP contribution >= 0.6 is 11.8 Å². The Morgan fingerprint density at radius 2 is 2.04 bits per heavy atom. The molecule has 0 atom stereocenters. The summed E-state index contributed by atoms with van der Waals surface area (Å²) in [6.07, 6.45) is 4.84. The van der Waals surface area contributed by atoms with Crippen molar-refractivity contribution in [1.82, 2.24) is 14.9 Å². The molecule has 134 valence electrons. The second kappa shape index (κ2) is 10.1. The molecular weight excluding hydrogens is 314 g/mol. The lowest BCUT2D eigenvalue weighted by Gasteiger charge is -2.11. The normalized spacial score (nSPS) is 11.7. The van der Waals surface area contributed by atoms with E-state index in [0.29, 0.717) is 0 Å². The Kier molecular flexibility index (Phi) is 8.13. The Hall–Kier alpha value is -1.00. The van der Waals surface area contributed by atoms with Gasteiger partial charge in [-0.25, -0.2) is 4.98 Å². The zero-order valence-electron chi connectivity index (χ0n) is 15.8. The van der Waals surface area contributed by atoms with Crippen molar-refractivity contribution in [3.05, 3.63) is 24.0 Å². The minimum atomic E-state index is 0.745. The number of thioether (sulfide) groups is 1. The van der Waals surface area contributed by atoms with Crippen LogP contribution in [0.15, 0.2) is 23.1 Å². The molecule has 0 aliphatic heterocycles. The van der Waals surface area contributed by atoms with Crippen molar-refractivity contribution in [3.8, 4) is 0 Å². The molecule has 1 aromatic heterocycles. The van der Waals surface area contributed by atoms with Gasteiger partial charge in [0.05, 0.1) is 17.6 Å². The molecule has 3 nitrogen and oxygen atoms in total. The highest BCUT2D eigenvalue weighted by atomic mass is 32.2. The predicted molar refractivity (Wildman–Crippen MR) is 107 cm³/mol. The number of fused-ring (bicyclic) bond motifs is 1. The Balaban J connectivity index is 2.18. The fourth-order valence-electron chi connectivity index (χ4n) is 2.75. The van der Waals surface area contributed by atoms with Gasteiger partial charge in [0.15, 0.2) is 0 Å². The Morgan fingerprint density at radius 1 is 1.21 bits per heavy atom. The van der Waals surface area contributed by atoms with Crippen LogP contribution in [-0.2, 0) is 13.1 Å². The van der Waals surface area contributed by atoms with Crippen LogP contribution < -0.4 is 5.32 Å². The van der Waals surface area contributed by atoms with Crippen LogP contribution in [0, 0.1) is 5.92 Å². The van der Waals surface area contributed by atoms with E-state index in [1.54, 1.807) is 0 Å². The van der Waals surface area contributed by atoms with Crippen molar-refractivity contribution < 1.29 is 0 Å². The number of aromatic nitrogens is 2. The number of nitrogens with zero attached hydrogens (tertiary/aromatic N) is 2. The molecular formula is C20H33N3S. The van der Waals surface area contributed by atoms with Crippen LogP contribution in [0.2, 0.25) is 0 Å². The Labute approximate surface area is 151 Å². The molecule has 0 saturated carbocycles. The van der Waals surface area contributed by atoms with Crippen molar-refractivity contribution in [2.75, 3.05) is 12.3 Å². The minimum Gasteiger partial charge on any atom is -0.327 e. The van der Waals surface area contributed by atoms with E-state index in [1.807, 2.05) is 11.8 Å². The molecule has 1 N–H and O–H groups in total. The molecule has 24 heavy (non-hydrogen) atoms. The highest BCUT2D eigenvalue weighted by Gasteiger charge is 2.11. The Bertz CT molecular complexity index is 619. The summed E-state index contributed by atoms with van der Waals surface area (Å²) in [5, 5.41) is 3.57. The van der Waals surface area contributed by atoms with Gasteiger partial charge in [-0.3, -0.25) is 0 Å². The first-order chi connectivity index (χ1) is 11.7. The van der Waals surface area contributed by atoms with Crippen LogP contribution in [0.1, 0.15) is 59.2 Å². The number of hydrogen-bond acceptors (Lipinski definition) is 3. The fourth-order valence-corrected chi connectivity index (χ4v) is 3.55. The molecule has 2 rings (SSSR count). The summed E-state index contributed by atoms with van der Waals surface area (Å²) in [6, 6.07) is 6.74. The summed E-state index contributed by atoms with van der Waals surface area (Å²) in [7, 11) is 0. The Morgan fingerprint density at radius 3 is 2.75 bits per heavy atom. The molecule has 1 heterocycles. The van der Waals surface area contributed by atoms with Crippen LogP contribution in [0.3, 0.4) is 0 Å². The van der Waals surface area contributed by atoms with E-state index < -0.39 is 0 Å². The highest BCUT2D eigenvalue weighted by Crippen LogP contribution is 2.25. The fraction of sp³-hybridized carbons (Fsp3) is 0.650. The first-order valence-corrected chi connectivity index (χ1v) is 10.5. The maximum atomic E-state index is 4.89. The molecule has 0 bridgehead atoms. The van der Waals surface area contributed by atoms with Gasteiger partial charge in [0.25, 0.3) is 0 Å². The molecule has 0 aliphatic rings. The van der Waals surface area contributed by atoms with Gasteiger partial charge in [0, 0.05) is 11.4 Å². The summed E-state index contributed by atoms with van der Waals surface area (Å²) in [4.78, 5) is 6.26. The summed E-state index contributed by atoms with van der Waals surface area (Å²) in [5.41, 5.74) is 2.43. The molecule has 0 spiro atoms. The number of rotatable bonds is 11. The quantitative estimate of drug-likeness (QED) is 0.431. The smallest absolute Gasteiger partial charge is 0.123 e. The zero-order chi connectivity index (χ0) is 17.4. The van der Waals surface area contributed by atoms with Crippen molar-refractivity contribution in [2.45, 2.75) is 71.4 Å². The van der Waals surface area contributed by atoms with Gasteiger partial charge in [0.1, 0.15) is 5.82 Å². The van der Waals surface area contributed by atoms with E-state index in [2.05, 4.69) is 55.8 Å². The number of imidazole rings is 1. The molecule has 1 aromatic carbocycles. The second-order valence-electron chi connectivity index (χ2n) is 6.89. The summed E-state index contributed by atoms with van der Waals surface area (Å²) in [5.74, 6) is 3.10.